The molecule has 0 heterocycles. The zero-order valence-corrected chi connectivity index (χ0v) is 11.4. The number of amides is 1. The van der Waals surface area contributed by atoms with Crippen LogP contribution >= 0.6 is 0 Å². The molecule has 4 heteroatoms. The second-order valence-electron chi connectivity index (χ2n) is 5.43. The number of phenols is 1. The van der Waals surface area contributed by atoms with E-state index in [2.05, 4.69) is 12.2 Å². The Balaban J connectivity index is 1.97. The van der Waals surface area contributed by atoms with Crippen molar-refractivity contribution in [3.05, 3.63) is 23.8 Å². The molecule has 1 aliphatic rings. The lowest BCUT2D eigenvalue weighted by Gasteiger charge is -2.28. The SMILES string of the molecule is CC(NC(=O)c1ccc(N)c(O)c1)C1CCCCC1. The van der Waals surface area contributed by atoms with Crippen LogP contribution in [-0.2, 0) is 0 Å². The summed E-state index contributed by atoms with van der Waals surface area (Å²) in [6, 6.07) is 4.78. The lowest BCUT2D eigenvalue weighted by Crippen LogP contribution is -2.38. The largest absolute Gasteiger partial charge is 0.506 e. The molecule has 104 valence electrons. The number of phenolic OH excluding ortho intramolecular Hbond substituents is 1. The van der Waals surface area contributed by atoms with Gasteiger partial charge < -0.3 is 16.2 Å². The van der Waals surface area contributed by atoms with Crippen LogP contribution in [0.1, 0.15) is 49.4 Å². The van der Waals surface area contributed by atoms with E-state index in [-0.39, 0.29) is 23.4 Å². The summed E-state index contributed by atoms with van der Waals surface area (Å²) >= 11 is 0. The van der Waals surface area contributed by atoms with Gasteiger partial charge in [0.2, 0.25) is 0 Å². The van der Waals surface area contributed by atoms with Crippen molar-refractivity contribution in [3.63, 3.8) is 0 Å². The van der Waals surface area contributed by atoms with Crippen LogP contribution in [-0.4, -0.2) is 17.1 Å². The van der Waals surface area contributed by atoms with Gasteiger partial charge in [-0.05, 0) is 43.9 Å². The summed E-state index contributed by atoms with van der Waals surface area (Å²) in [6.45, 7) is 2.06. The van der Waals surface area contributed by atoms with Gasteiger partial charge >= 0.3 is 0 Å². The number of nitrogens with two attached hydrogens (primary N) is 1. The first-order valence-electron chi connectivity index (χ1n) is 6.97. The minimum Gasteiger partial charge on any atom is -0.506 e. The van der Waals surface area contributed by atoms with Gasteiger partial charge in [-0.2, -0.15) is 0 Å². The molecular formula is C15H22N2O2. The zero-order chi connectivity index (χ0) is 13.8. The van der Waals surface area contributed by atoms with E-state index in [4.69, 9.17) is 5.73 Å². The van der Waals surface area contributed by atoms with Crippen LogP contribution < -0.4 is 11.1 Å². The van der Waals surface area contributed by atoms with Crippen LogP contribution in [0.2, 0.25) is 0 Å². The quantitative estimate of drug-likeness (QED) is 0.579. The Labute approximate surface area is 114 Å². The molecule has 1 amide bonds. The van der Waals surface area contributed by atoms with Gasteiger partial charge in [-0.1, -0.05) is 19.3 Å². The Hall–Kier alpha value is -1.71. The zero-order valence-electron chi connectivity index (χ0n) is 11.4. The molecule has 0 bridgehead atoms. The first kappa shape index (κ1) is 13.7. The summed E-state index contributed by atoms with van der Waals surface area (Å²) in [6.07, 6.45) is 6.20. The number of nitrogen functional groups attached to an aromatic ring is 1. The van der Waals surface area contributed by atoms with Crippen LogP contribution in [0.5, 0.6) is 5.75 Å². The van der Waals surface area contributed by atoms with Crippen LogP contribution in [0.4, 0.5) is 5.69 Å². The average Bonchev–Trinajstić information content (AvgIpc) is 2.42. The van der Waals surface area contributed by atoms with Gasteiger partial charge in [0, 0.05) is 11.6 Å². The molecule has 1 unspecified atom stereocenters. The van der Waals surface area contributed by atoms with E-state index < -0.39 is 0 Å². The Bertz CT molecular complexity index is 453. The highest BCUT2D eigenvalue weighted by molar-refractivity contribution is 5.95. The summed E-state index contributed by atoms with van der Waals surface area (Å²) < 4.78 is 0. The predicted molar refractivity (Wildman–Crippen MR) is 76.0 cm³/mol. The molecule has 1 fully saturated rings. The molecule has 4 N–H and O–H groups in total. The maximum atomic E-state index is 12.1. The Morgan fingerprint density at radius 3 is 2.68 bits per heavy atom. The lowest BCUT2D eigenvalue weighted by atomic mass is 9.84. The van der Waals surface area contributed by atoms with E-state index in [1.807, 2.05) is 0 Å². The van der Waals surface area contributed by atoms with Gasteiger partial charge in [0.15, 0.2) is 0 Å². The first-order valence-corrected chi connectivity index (χ1v) is 6.97. The van der Waals surface area contributed by atoms with Crippen molar-refractivity contribution in [2.45, 2.75) is 45.1 Å². The van der Waals surface area contributed by atoms with E-state index in [0.29, 0.717) is 11.5 Å². The number of anilines is 1. The molecule has 1 aromatic carbocycles. The summed E-state index contributed by atoms with van der Waals surface area (Å²) in [5.41, 5.74) is 6.27. The second-order valence-corrected chi connectivity index (χ2v) is 5.43. The molecule has 0 radical (unpaired) electrons. The minimum absolute atomic E-state index is 0.0435. The topological polar surface area (TPSA) is 75.4 Å². The third kappa shape index (κ3) is 3.40. The fourth-order valence-corrected chi connectivity index (χ4v) is 2.73. The maximum Gasteiger partial charge on any atom is 0.251 e. The Morgan fingerprint density at radius 1 is 1.37 bits per heavy atom. The number of aromatic hydroxyl groups is 1. The van der Waals surface area contributed by atoms with Crippen molar-refractivity contribution in [3.8, 4) is 5.75 Å². The molecule has 0 spiro atoms. The minimum atomic E-state index is -0.145. The molecule has 1 aromatic rings. The smallest absolute Gasteiger partial charge is 0.251 e. The molecule has 0 aliphatic heterocycles. The van der Waals surface area contributed by atoms with Gasteiger partial charge in [-0.3, -0.25) is 4.79 Å². The summed E-state index contributed by atoms with van der Waals surface area (Å²) in [5.74, 6) is 0.381. The van der Waals surface area contributed by atoms with E-state index in [1.54, 1.807) is 12.1 Å². The molecular weight excluding hydrogens is 240 g/mol. The normalized spacial score (nSPS) is 17.9. The molecule has 1 atom stereocenters. The highest BCUT2D eigenvalue weighted by atomic mass is 16.3. The highest BCUT2D eigenvalue weighted by Crippen LogP contribution is 2.26. The maximum absolute atomic E-state index is 12.1. The van der Waals surface area contributed by atoms with Crippen LogP contribution in [0.3, 0.4) is 0 Å². The van der Waals surface area contributed by atoms with E-state index in [9.17, 15) is 9.90 Å². The Kier molecular flexibility index (Phi) is 4.30. The average molecular weight is 262 g/mol. The van der Waals surface area contributed by atoms with E-state index in [0.717, 1.165) is 0 Å². The van der Waals surface area contributed by atoms with Crippen molar-refractivity contribution in [2.75, 3.05) is 5.73 Å². The molecule has 0 aromatic heterocycles. The number of hydrogen-bond acceptors (Lipinski definition) is 3. The van der Waals surface area contributed by atoms with Crippen LogP contribution in [0.15, 0.2) is 18.2 Å². The Morgan fingerprint density at radius 2 is 2.05 bits per heavy atom. The summed E-state index contributed by atoms with van der Waals surface area (Å²) in [5, 5.41) is 12.5. The molecule has 0 saturated heterocycles. The summed E-state index contributed by atoms with van der Waals surface area (Å²) in [4.78, 5) is 12.1. The van der Waals surface area contributed by atoms with Crippen molar-refractivity contribution >= 4 is 11.6 Å². The van der Waals surface area contributed by atoms with Crippen molar-refractivity contribution in [1.82, 2.24) is 5.32 Å². The predicted octanol–water partition coefficient (Wildman–Crippen LogP) is 2.67. The fraction of sp³-hybridized carbons (Fsp3) is 0.533. The number of hydrogen-bond donors (Lipinski definition) is 3. The molecule has 1 saturated carbocycles. The van der Waals surface area contributed by atoms with E-state index in [1.165, 1.54) is 38.2 Å². The van der Waals surface area contributed by atoms with Gasteiger partial charge in [0.1, 0.15) is 5.75 Å². The number of rotatable bonds is 3. The van der Waals surface area contributed by atoms with Gasteiger partial charge in [0.25, 0.3) is 5.91 Å². The highest BCUT2D eigenvalue weighted by Gasteiger charge is 2.22. The first-order chi connectivity index (χ1) is 9.08. The van der Waals surface area contributed by atoms with Crippen LogP contribution in [0, 0.1) is 5.92 Å². The van der Waals surface area contributed by atoms with Gasteiger partial charge in [-0.15, -0.1) is 0 Å². The van der Waals surface area contributed by atoms with Crippen molar-refractivity contribution < 1.29 is 9.90 Å². The third-order valence-corrected chi connectivity index (χ3v) is 4.01. The number of benzene rings is 1. The summed E-state index contributed by atoms with van der Waals surface area (Å²) in [7, 11) is 0. The monoisotopic (exact) mass is 262 g/mol. The van der Waals surface area contributed by atoms with Crippen molar-refractivity contribution in [2.24, 2.45) is 5.92 Å². The fourth-order valence-electron chi connectivity index (χ4n) is 2.73. The molecule has 2 rings (SSSR count). The number of carbonyl (C=O) groups is 1. The van der Waals surface area contributed by atoms with Crippen LogP contribution in [0.25, 0.3) is 0 Å². The van der Waals surface area contributed by atoms with Gasteiger partial charge in [0.05, 0.1) is 5.69 Å². The standard InChI is InChI=1S/C15H22N2O2/c1-10(11-5-3-2-4-6-11)17-15(19)12-7-8-13(16)14(18)9-12/h7-11,18H,2-6,16H2,1H3,(H,17,19). The molecule has 19 heavy (non-hydrogen) atoms. The van der Waals surface area contributed by atoms with Crippen molar-refractivity contribution in [1.29, 1.82) is 0 Å². The molecule has 4 nitrogen and oxygen atoms in total. The van der Waals surface area contributed by atoms with Gasteiger partial charge in [-0.25, -0.2) is 0 Å². The lowest BCUT2D eigenvalue weighted by molar-refractivity contribution is 0.0919. The molecule has 1 aliphatic carbocycles. The van der Waals surface area contributed by atoms with E-state index >= 15 is 0 Å². The number of carbonyl (C=O) groups excluding carboxylic acids is 1. The second kappa shape index (κ2) is 5.95. The number of nitrogens with one attached hydrogen (secondary N) is 1. The third-order valence-electron chi connectivity index (χ3n) is 4.01.